The van der Waals surface area contributed by atoms with Crippen molar-refractivity contribution in [2.45, 2.75) is 19.4 Å². The van der Waals surface area contributed by atoms with Crippen LogP contribution in [0.2, 0.25) is 0 Å². The van der Waals surface area contributed by atoms with Crippen molar-refractivity contribution in [3.63, 3.8) is 0 Å². The zero-order valence-corrected chi connectivity index (χ0v) is 13.5. The zero-order valence-electron chi connectivity index (χ0n) is 13.5. The summed E-state index contributed by atoms with van der Waals surface area (Å²) in [4.78, 5) is 21.2. The van der Waals surface area contributed by atoms with Gasteiger partial charge in [0.05, 0.1) is 5.52 Å². The summed E-state index contributed by atoms with van der Waals surface area (Å²) >= 11 is 0. The van der Waals surface area contributed by atoms with E-state index in [2.05, 4.69) is 16.8 Å². The molecule has 0 spiro atoms. The van der Waals surface area contributed by atoms with Gasteiger partial charge in [-0.3, -0.25) is 0 Å². The van der Waals surface area contributed by atoms with Gasteiger partial charge in [-0.15, -0.1) is 0 Å². The molecule has 1 N–H and O–H groups in total. The lowest BCUT2D eigenvalue weighted by Crippen LogP contribution is -2.33. The van der Waals surface area contributed by atoms with Gasteiger partial charge in [-0.05, 0) is 44.5 Å². The van der Waals surface area contributed by atoms with Crippen molar-refractivity contribution in [3.05, 3.63) is 35.4 Å². The van der Waals surface area contributed by atoms with E-state index >= 15 is 0 Å². The molecule has 0 amide bonds. The fourth-order valence-corrected chi connectivity index (χ4v) is 4.19. The predicted octanol–water partition coefficient (Wildman–Crippen LogP) is 2.38. The van der Waals surface area contributed by atoms with E-state index in [1.54, 1.807) is 0 Å². The van der Waals surface area contributed by atoms with Crippen LogP contribution in [0.15, 0.2) is 24.3 Å². The van der Waals surface area contributed by atoms with Crippen LogP contribution in [0.3, 0.4) is 0 Å². The zero-order chi connectivity index (χ0) is 16.1. The van der Waals surface area contributed by atoms with Gasteiger partial charge in [0.2, 0.25) is 0 Å². The van der Waals surface area contributed by atoms with Gasteiger partial charge in [-0.25, -0.2) is 9.78 Å². The molecule has 2 aliphatic heterocycles. The van der Waals surface area contributed by atoms with Crippen LogP contribution in [0.25, 0.3) is 10.9 Å². The molecule has 23 heavy (non-hydrogen) atoms. The Balaban J connectivity index is 1.83. The lowest BCUT2D eigenvalue weighted by molar-refractivity contribution is 0.0696. The Morgan fingerprint density at radius 3 is 2.83 bits per heavy atom. The molecular weight excluding hydrogens is 290 g/mol. The standard InChI is InChI=1S/C18H21N3O2/c1-11-13-5-3-4-6-14(13)19-17(16(11)18(22)23)21-9-12-7-8-20(2)15(12)10-21/h3-6,12,15H,7-10H2,1-2H3,(H,22,23)/t12-,15+/m1/s1. The number of para-hydroxylation sites is 1. The quantitative estimate of drug-likeness (QED) is 0.923. The molecule has 5 heteroatoms. The van der Waals surface area contributed by atoms with E-state index in [0.29, 0.717) is 23.3 Å². The number of hydrogen-bond donors (Lipinski definition) is 1. The Kier molecular flexibility index (Phi) is 3.27. The van der Waals surface area contributed by atoms with E-state index in [4.69, 9.17) is 4.98 Å². The number of carbonyl (C=O) groups is 1. The number of carboxylic acid groups (broad SMARTS) is 1. The van der Waals surface area contributed by atoms with Crippen molar-refractivity contribution >= 4 is 22.7 Å². The summed E-state index contributed by atoms with van der Waals surface area (Å²) in [7, 11) is 2.16. The topological polar surface area (TPSA) is 56.7 Å². The average molecular weight is 311 g/mol. The van der Waals surface area contributed by atoms with E-state index in [9.17, 15) is 9.90 Å². The molecule has 0 unspecified atom stereocenters. The Labute approximate surface area is 135 Å². The number of fused-ring (bicyclic) bond motifs is 2. The van der Waals surface area contributed by atoms with Crippen LogP contribution in [0.1, 0.15) is 22.3 Å². The first-order chi connectivity index (χ1) is 11.1. The highest BCUT2D eigenvalue weighted by Gasteiger charge is 2.41. The number of likely N-dealkylation sites (N-methyl/N-ethyl adjacent to an activating group) is 1. The van der Waals surface area contributed by atoms with Gasteiger partial charge in [0, 0.05) is 24.5 Å². The minimum Gasteiger partial charge on any atom is -0.478 e. The highest BCUT2D eigenvalue weighted by atomic mass is 16.4. The second-order valence-electron chi connectivity index (χ2n) is 6.76. The SMILES string of the molecule is Cc1c(C(=O)O)c(N2C[C@H]3CCN(C)[C@H]3C2)nc2ccccc12. The Morgan fingerprint density at radius 2 is 2.09 bits per heavy atom. The number of aryl methyl sites for hydroxylation is 1. The maximum atomic E-state index is 11.9. The molecule has 2 fully saturated rings. The fourth-order valence-electron chi connectivity index (χ4n) is 4.19. The molecule has 3 heterocycles. The number of aromatic carboxylic acids is 1. The summed E-state index contributed by atoms with van der Waals surface area (Å²) in [5, 5.41) is 10.7. The molecule has 5 nitrogen and oxygen atoms in total. The molecule has 4 rings (SSSR count). The van der Waals surface area contributed by atoms with Crippen LogP contribution in [0.4, 0.5) is 5.82 Å². The fraction of sp³-hybridized carbons (Fsp3) is 0.444. The third-order valence-electron chi connectivity index (χ3n) is 5.47. The van der Waals surface area contributed by atoms with Crippen LogP contribution in [0.5, 0.6) is 0 Å². The van der Waals surface area contributed by atoms with Crippen molar-refractivity contribution in [1.82, 2.24) is 9.88 Å². The van der Waals surface area contributed by atoms with E-state index < -0.39 is 5.97 Å². The molecule has 2 saturated heterocycles. The number of benzene rings is 1. The third kappa shape index (κ3) is 2.18. The molecule has 0 bridgehead atoms. The van der Waals surface area contributed by atoms with E-state index in [0.717, 1.165) is 36.1 Å². The second-order valence-corrected chi connectivity index (χ2v) is 6.76. The number of aromatic nitrogens is 1. The van der Waals surface area contributed by atoms with Crippen LogP contribution in [-0.4, -0.2) is 53.7 Å². The average Bonchev–Trinajstić information content (AvgIpc) is 3.09. The number of anilines is 1. The van der Waals surface area contributed by atoms with E-state index in [1.807, 2.05) is 31.2 Å². The van der Waals surface area contributed by atoms with Gasteiger partial charge in [-0.1, -0.05) is 18.2 Å². The molecule has 2 aliphatic rings. The molecular formula is C18H21N3O2. The number of rotatable bonds is 2. The second kappa shape index (κ2) is 5.20. The van der Waals surface area contributed by atoms with Gasteiger partial charge in [0.25, 0.3) is 0 Å². The summed E-state index contributed by atoms with van der Waals surface area (Å²) in [5.74, 6) is 0.368. The molecule has 2 aromatic rings. The summed E-state index contributed by atoms with van der Waals surface area (Å²) < 4.78 is 0. The smallest absolute Gasteiger partial charge is 0.339 e. The molecule has 0 aliphatic carbocycles. The first-order valence-electron chi connectivity index (χ1n) is 8.14. The van der Waals surface area contributed by atoms with Crippen LogP contribution in [0, 0.1) is 12.8 Å². The maximum Gasteiger partial charge on any atom is 0.339 e. The normalized spacial score (nSPS) is 24.3. The van der Waals surface area contributed by atoms with Crippen molar-refractivity contribution in [3.8, 4) is 0 Å². The van der Waals surface area contributed by atoms with Crippen LogP contribution >= 0.6 is 0 Å². The van der Waals surface area contributed by atoms with E-state index in [-0.39, 0.29) is 0 Å². The highest BCUT2D eigenvalue weighted by molar-refractivity contribution is 6.01. The minimum atomic E-state index is -0.888. The number of carboxylic acids is 1. The van der Waals surface area contributed by atoms with E-state index in [1.165, 1.54) is 6.42 Å². The summed E-state index contributed by atoms with van der Waals surface area (Å²) in [6.07, 6.45) is 1.19. The number of likely N-dealkylation sites (tertiary alicyclic amines) is 1. The number of hydrogen-bond acceptors (Lipinski definition) is 4. The van der Waals surface area contributed by atoms with Crippen molar-refractivity contribution in [1.29, 1.82) is 0 Å². The lowest BCUT2D eigenvalue weighted by Gasteiger charge is -2.24. The highest BCUT2D eigenvalue weighted by Crippen LogP contribution is 2.36. The van der Waals surface area contributed by atoms with Crippen molar-refractivity contribution in [2.24, 2.45) is 5.92 Å². The monoisotopic (exact) mass is 311 g/mol. The van der Waals surface area contributed by atoms with Gasteiger partial charge < -0.3 is 14.9 Å². The minimum absolute atomic E-state index is 0.353. The van der Waals surface area contributed by atoms with Crippen molar-refractivity contribution < 1.29 is 9.90 Å². The molecule has 1 aromatic heterocycles. The number of pyridine rings is 1. The first-order valence-corrected chi connectivity index (χ1v) is 8.14. The molecule has 120 valence electrons. The molecule has 0 saturated carbocycles. The molecule has 2 atom stereocenters. The Morgan fingerprint density at radius 1 is 1.30 bits per heavy atom. The van der Waals surface area contributed by atoms with Crippen LogP contribution in [-0.2, 0) is 0 Å². The molecule has 0 radical (unpaired) electrons. The Hall–Kier alpha value is -2.14. The Bertz CT molecular complexity index is 789. The van der Waals surface area contributed by atoms with Gasteiger partial charge in [0.1, 0.15) is 11.4 Å². The summed E-state index contributed by atoms with van der Waals surface area (Å²) in [6, 6.07) is 8.30. The van der Waals surface area contributed by atoms with Gasteiger partial charge in [-0.2, -0.15) is 0 Å². The van der Waals surface area contributed by atoms with Gasteiger partial charge >= 0.3 is 5.97 Å². The number of nitrogens with zero attached hydrogens (tertiary/aromatic N) is 3. The predicted molar refractivity (Wildman–Crippen MR) is 90.2 cm³/mol. The maximum absolute atomic E-state index is 11.9. The first kappa shape index (κ1) is 14.5. The largest absolute Gasteiger partial charge is 0.478 e. The molecule has 1 aromatic carbocycles. The van der Waals surface area contributed by atoms with Gasteiger partial charge in [0.15, 0.2) is 0 Å². The summed E-state index contributed by atoms with van der Waals surface area (Å²) in [5.41, 5.74) is 2.03. The lowest BCUT2D eigenvalue weighted by atomic mass is 10.0. The van der Waals surface area contributed by atoms with Crippen molar-refractivity contribution in [2.75, 3.05) is 31.6 Å². The third-order valence-corrected chi connectivity index (χ3v) is 5.47. The summed E-state index contributed by atoms with van der Waals surface area (Å²) in [6.45, 7) is 4.80. The van der Waals surface area contributed by atoms with Crippen LogP contribution < -0.4 is 4.90 Å².